The highest BCUT2D eigenvalue weighted by Gasteiger charge is 2.16. The third-order valence-corrected chi connectivity index (χ3v) is 3.53. The van der Waals surface area contributed by atoms with Gasteiger partial charge in [0.1, 0.15) is 5.58 Å². The van der Waals surface area contributed by atoms with Crippen LogP contribution in [0, 0.1) is 0 Å². The molecule has 1 aliphatic heterocycles. The number of hydrogen-bond acceptors (Lipinski definition) is 5. The van der Waals surface area contributed by atoms with E-state index in [1.807, 2.05) is 4.90 Å². The largest absolute Gasteiger partial charge is 0.440 e. The van der Waals surface area contributed by atoms with Crippen LogP contribution in [-0.4, -0.2) is 39.3 Å². The fraction of sp³-hybridized carbons (Fsp3) is 0.333. The minimum Gasteiger partial charge on any atom is -0.440 e. The van der Waals surface area contributed by atoms with Gasteiger partial charge in [0.05, 0.1) is 18.6 Å². The summed E-state index contributed by atoms with van der Waals surface area (Å²) >= 11 is 0. The molecule has 1 amide bonds. The molecule has 1 fully saturated rings. The second-order valence-electron chi connectivity index (χ2n) is 4.84. The number of carbonyl (C=O) groups is 1. The third kappa shape index (κ3) is 2.62. The number of morpholine rings is 1. The van der Waals surface area contributed by atoms with Gasteiger partial charge in [0.2, 0.25) is 0 Å². The van der Waals surface area contributed by atoms with Gasteiger partial charge in [-0.3, -0.25) is 9.59 Å². The molecule has 0 bridgehead atoms. The number of amides is 1. The Morgan fingerprint density at radius 2 is 2.00 bits per heavy atom. The smallest absolute Gasteiger partial charge is 0.251 e. The molecule has 2 heterocycles. The third-order valence-electron chi connectivity index (χ3n) is 3.53. The van der Waals surface area contributed by atoms with Crippen molar-refractivity contribution in [3.8, 4) is 0 Å². The van der Waals surface area contributed by atoms with Crippen LogP contribution in [0.3, 0.4) is 0 Å². The van der Waals surface area contributed by atoms with E-state index in [1.165, 1.54) is 6.07 Å². The van der Waals surface area contributed by atoms with E-state index in [0.29, 0.717) is 48.7 Å². The molecule has 1 aromatic heterocycles. The maximum absolute atomic E-state index is 12.3. The van der Waals surface area contributed by atoms with Crippen LogP contribution in [0.25, 0.3) is 11.0 Å². The molecule has 1 aromatic carbocycles. The van der Waals surface area contributed by atoms with Crippen molar-refractivity contribution in [2.24, 2.45) is 0 Å². The summed E-state index contributed by atoms with van der Waals surface area (Å²) in [4.78, 5) is 25.9. The van der Waals surface area contributed by atoms with Crippen molar-refractivity contribution in [3.63, 3.8) is 0 Å². The zero-order valence-corrected chi connectivity index (χ0v) is 11.7. The van der Waals surface area contributed by atoms with Gasteiger partial charge in [-0.2, -0.15) is 0 Å². The number of anilines is 1. The fourth-order valence-electron chi connectivity index (χ4n) is 2.37. The highest BCUT2D eigenvalue weighted by molar-refractivity contribution is 5.97. The van der Waals surface area contributed by atoms with Crippen molar-refractivity contribution >= 4 is 22.8 Å². The average molecular weight is 288 g/mol. The Balaban J connectivity index is 2.04. The molecule has 0 saturated carbocycles. The topological polar surface area (TPSA) is 71.8 Å². The first-order valence-electron chi connectivity index (χ1n) is 6.82. The molecule has 21 heavy (non-hydrogen) atoms. The molecule has 0 spiro atoms. The number of rotatable bonds is 2. The highest BCUT2D eigenvalue weighted by atomic mass is 16.5. The molecule has 0 aliphatic carbocycles. The van der Waals surface area contributed by atoms with E-state index < -0.39 is 0 Å². The van der Waals surface area contributed by atoms with Crippen LogP contribution in [0.4, 0.5) is 5.88 Å². The lowest BCUT2D eigenvalue weighted by Crippen LogP contribution is -2.36. The molecule has 1 N–H and O–H groups in total. The average Bonchev–Trinajstić information content (AvgIpc) is 2.54. The van der Waals surface area contributed by atoms with E-state index in [4.69, 9.17) is 9.15 Å². The van der Waals surface area contributed by atoms with Gasteiger partial charge >= 0.3 is 0 Å². The number of nitrogens with zero attached hydrogens (tertiary/aromatic N) is 1. The monoisotopic (exact) mass is 288 g/mol. The Labute approximate surface area is 121 Å². The number of carbonyl (C=O) groups excluding carboxylic acids is 1. The van der Waals surface area contributed by atoms with Crippen LogP contribution in [0.2, 0.25) is 0 Å². The molecule has 110 valence electrons. The zero-order valence-electron chi connectivity index (χ0n) is 11.7. The van der Waals surface area contributed by atoms with Gasteiger partial charge in [-0.05, 0) is 18.2 Å². The lowest BCUT2D eigenvalue weighted by Gasteiger charge is -2.27. The number of benzene rings is 1. The number of hydrogen-bond donors (Lipinski definition) is 1. The molecule has 0 unspecified atom stereocenters. The van der Waals surface area contributed by atoms with Gasteiger partial charge in [-0.15, -0.1) is 0 Å². The van der Waals surface area contributed by atoms with Crippen LogP contribution in [0.1, 0.15) is 10.4 Å². The van der Waals surface area contributed by atoms with E-state index in [0.717, 1.165) is 0 Å². The predicted octanol–water partition coefficient (Wildman–Crippen LogP) is 0.989. The van der Waals surface area contributed by atoms with Gasteiger partial charge in [0, 0.05) is 31.8 Å². The SMILES string of the molecule is CNC(=O)c1ccc2oc(N3CCOCC3)cc(=O)c2c1. The summed E-state index contributed by atoms with van der Waals surface area (Å²) in [6.45, 7) is 2.64. The molecule has 1 aliphatic rings. The normalized spacial score (nSPS) is 15.2. The maximum atomic E-state index is 12.3. The summed E-state index contributed by atoms with van der Waals surface area (Å²) in [5, 5.41) is 2.95. The summed E-state index contributed by atoms with van der Waals surface area (Å²) < 4.78 is 11.1. The van der Waals surface area contributed by atoms with Gasteiger partial charge in [0.15, 0.2) is 11.3 Å². The van der Waals surface area contributed by atoms with Gasteiger partial charge in [-0.25, -0.2) is 0 Å². The van der Waals surface area contributed by atoms with Crippen LogP contribution < -0.4 is 15.6 Å². The minimum atomic E-state index is -0.228. The Bertz CT molecular complexity index is 732. The predicted molar refractivity (Wildman–Crippen MR) is 78.9 cm³/mol. The second-order valence-corrected chi connectivity index (χ2v) is 4.84. The zero-order chi connectivity index (χ0) is 14.8. The van der Waals surface area contributed by atoms with E-state index in [1.54, 1.807) is 25.2 Å². The summed E-state index contributed by atoms with van der Waals surface area (Å²) in [5.74, 6) is 0.317. The van der Waals surface area contributed by atoms with Crippen molar-refractivity contribution in [1.82, 2.24) is 5.32 Å². The van der Waals surface area contributed by atoms with E-state index in [2.05, 4.69) is 5.32 Å². The first-order chi connectivity index (χ1) is 10.2. The van der Waals surface area contributed by atoms with Crippen molar-refractivity contribution in [3.05, 3.63) is 40.1 Å². The van der Waals surface area contributed by atoms with Gasteiger partial charge in [0.25, 0.3) is 5.91 Å². The van der Waals surface area contributed by atoms with Crippen LogP contribution >= 0.6 is 0 Å². The Morgan fingerprint density at radius 1 is 1.24 bits per heavy atom. The molecular formula is C15H16N2O4. The van der Waals surface area contributed by atoms with Crippen LogP contribution in [0.5, 0.6) is 0 Å². The molecule has 2 aromatic rings. The quantitative estimate of drug-likeness (QED) is 0.892. The molecule has 6 heteroatoms. The second kappa shape index (κ2) is 5.57. The molecule has 6 nitrogen and oxygen atoms in total. The van der Waals surface area contributed by atoms with Gasteiger partial charge in [-0.1, -0.05) is 0 Å². The fourth-order valence-corrected chi connectivity index (χ4v) is 2.37. The minimum absolute atomic E-state index is 0.150. The summed E-state index contributed by atoms with van der Waals surface area (Å²) in [7, 11) is 1.55. The van der Waals surface area contributed by atoms with Crippen LogP contribution in [-0.2, 0) is 4.74 Å². The van der Waals surface area contributed by atoms with Crippen LogP contribution in [0.15, 0.2) is 33.5 Å². The maximum Gasteiger partial charge on any atom is 0.251 e. The standard InChI is InChI=1S/C15H16N2O4/c1-16-15(19)10-2-3-13-11(8-10)12(18)9-14(21-13)17-4-6-20-7-5-17/h2-3,8-9H,4-7H2,1H3,(H,16,19). The molecule has 1 saturated heterocycles. The number of nitrogens with one attached hydrogen (secondary N) is 1. The highest BCUT2D eigenvalue weighted by Crippen LogP contribution is 2.21. The Hall–Kier alpha value is -2.34. The molecule has 3 rings (SSSR count). The summed E-state index contributed by atoms with van der Waals surface area (Å²) in [6, 6.07) is 6.34. The Kier molecular flexibility index (Phi) is 3.62. The summed E-state index contributed by atoms with van der Waals surface area (Å²) in [5.41, 5.74) is 0.775. The van der Waals surface area contributed by atoms with E-state index in [-0.39, 0.29) is 11.3 Å². The number of ether oxygens (including phenoxy) is 1. The lowest BCUT2D eigenvalue weighted by molar-refractivity contribution is 0.0963. The first-order valence-corrected chi connectivity index (χ1v) is 6.82. The molecule has 0 atom stereocenters. The van der Waals surface area contributed by atoms with E-state index in [9.17, 15) is 9.59 Å². The molecular weight excluding hydrogens is 272 g/mol. The lowest BCUT2D eigenvalue weighted by atomic mass is 10.1. The Morgan fingerprint density at radius 3 is 2.71 bits per heavy atom. The van der Waals surface area contributed by atoms with E-state index >= 15 is 0 Å². The molecule has 0 radical (unpaired) electrons. The van der Waals surface area contributed by atoms with Crippen molar-refractivity contribution in [2.75, 3.05) is 38.3 Å². The van der Waals surface area contributed by atoms with Crippen molar-refractivity contribution in [1.29, 1.82) is 0 Å². The van der Waals surface area contributed by atoms with Crippen molar-refractivity contribution in [2.45, 2.75) is 0 Å². The first kappa shape index (κ1) is 13.6. The number of fused-ring (bicyclic) bond motifs is 1. The van der Waals surface area contributed by atoms with Crippen molar-refractivity contribution < 1.29 is 13.9 Å². The van der Waals surface area contributed by atoms with Gasteiger partial charge < -0.3 is 19.4 Å². The summed E-state index contributed by atoms with van der Waals surface area (Å²) in [6.07, 6.45) is 0.